The first-order valence-electron chi connectivity index (χ1n) is 7.44. The van der Waals surface area contributed by atoms with E-state index in [9.17, 15) is 9.59 Å². The zero-order valence-corrected chi connectivity index (χ0v) is 12.5. The van der Waals surface area contributed by atoms with Gasteiger partial charge in [-0.1, -0.05) is 18.2 Å². The summed E-state index contributed by atoms with van der Waals surface area (Å²) in [6.07, 6.45) is 8.24. The summed E-state index contributed by atoms with van der Waals surface area (Å²) in [7, 11) is 0. The maximum Gasteiger partial charge on any atom is 0.309 e. The molecule has 0 aromatic carbocycles. The van der Waals surface area contributed by atoms with Crippen molar-refractivity contribution < 1.29 is 9.53 Å². The first-order chi connectivity index (χ1) is 10.6. The Hall–Kier alpha value is -2.43. The number of ether oxygens (including phenoxy) is 1. The first-order valence-corrected chi connectivity index (χ1v) is 7.44. The Labute approximate surface area is 128 Å². The van der Waals surface area contributed by atoms with Gasteiger partial charge in [0.2, 0.25) is 0 Å². The molecule has 1 aliphatic rings. The lowest BCUT2D eigenvalue weighted by Crippen LogP contribution is -2.20. The van der Waals surface area contributed by atoms with E-state index in [1.165, 1.54) is 10.5 Å². The van der Waals surface area contributed by atoms with Crippen LogP contribution in [-0.2, 0) is 16.1 Å². The van der Waals surface area contributed by atoms with Crippen LogP contribution in [0.5, 0.6) is 0 Å². The molecule has 1 atom stereocenters. The molecule has 3 rings (SSSR count). The second-order valence-corrected chi connectivity index (χ2v) is 5.56. The molecular formula is C17H18N2O3. The minimum Gasteiger partial charge on any atom is -0.459 e. The average Bonchev–Trinajstić information content (AvgIpc) is 2.54. The fourth-order valence-electron chi connectivity index (χ4n) is 2.65. The molecule has 5 nitrogen and oxygen atoms in total. The Morgan fingerprint density at radius 3 is 3.09 bits per heavy atom. The monoisotopic (exact) mass is 298 g/mol. The van der Waals surface area contributed by atoms with Crippen molar-refractivity contribution in [3.05, 3.63) is 58.2 Å². The third-order valence-electron chi connectivity index (χ3n) is 3.90. The van der Waals surface area contributed by atoms with E-state index in [2.05, 4.69) is 11.1 Å². The number of hydrogen-bond donors (Lipinski definition) is 0. The molecule has 2 heterocycles. The highest BCUT2D eigenvalue weighted by Crippen LogP contribution is 2.19. The van der Waals surface area contributed by atoms with Crippen molar-refractivity contribution in [2.45, 2.75) is 32.8 Å². The Kier molecular flexibility index (Phi) is 4.04. The molecule has 0 saturated carbocycles. The van der Waals surface area contributed by atoms with Gasteiger partial charge in [0, 0.05) is 12.3 Å². The Morgan fingerprint density at radius 2 is 2.32 bits per heavy atom. The number of carbonyl (C=O) groups is 1. The smallest absolute Gasteiger partial charge is 0.309 e. The van der Waals surface area contributed by atoms with E-state index >= 15 is 0 Å². The number of rotatable bonds is 3. The highest BCUT2D eigenvalue weighted by atomic mass is 16.5. The molecule has 5 heteroatoms. The number of allylic oxidation sites excluding steroid dienone is 2. The third-order valence-corrected chi connectivity index (χ3v) is 3.90. The summed E-state index contributed by atoms with van der Waals surface area (Å²) in [5.41, 5.74) is 1.83. The quantitative estimate of drug-likeness (QED) is 0.645. The van der Waals surface area contributed by atoms with Gasteiger partial charge in [-0.3, -0.25) is 14.0 Å². The van der Waals surface area contributed by atoms with Crippen molar-refractivity contribution >= 4 is 11.6 Å². The van der Waals surface area contributed by atoms with Crippen LogP contribution >= 0.6 is 0 Å². The number of fused-ring (bicyclic) bond motifs is 1. The molecule has 1 aliphatic carbocycles. The molecule has 0 amide bonds. The van der Waals surface area contributed by atoms with Gasteiger partial charge in [0.25, 0.3) is 5.56 Å². The highest BCUT2D eigenvalue weighted by Gasteiger charge is 2.20. The van der Waals surface area contributed by atoms with Crippen LogP contribution in [0.25, 0.3) is 5.65 Å². The van der Waals surface area contributed by atoms with E-state index in [-0.39, 0.29) is 24.1 Å². The lowest BCUT2D eigenvalue weighted by molar-refractivity contribution is -0.150. The van der Waals surface area contributed by atoms with E-state index in [0.29, 0.717) is 11.3 Å². The van der Waals surface area contributed by atoms with E-state index in [1.54, 1.807) is 6.20 Å². The van der Waals surface area contributed by atoms with Gasteiger partial charge < -0.3 is 4.74 Å². The molecule has 0 aliphatic heterocycles. The number of pyridine rings is 1. The zero-order valence-electron chi connectivity index (χ0n) is 12.5. The molecule has 0 spiro atoms. The fourth-order valence-corrected chi connectivity index (χ4v) is 2.65. The number of aromatic nitrogens is 2. The molecule has 2 aromatic heterocycles. The molecule has 1 unspecified atom stereocenters. The fraction of sp³-hybridized carbons (Fsp3) is 0.353. The van der Waals surface area contributed by atoms with Crippen LogP contribution in [0, 0.1) is 12.8 Å². The Morgan fingerprint density at radius 1 is 1.45 bits per heavy atom. The maximum atomic E-state index is 12.1. The number of aryl methyl sites for hydroxylation is 1. The van der Waals surface area contributed by atoms with Crippen molar-refractivity contribution in [1.82, 2.24) is 9.38 Å². The van der Waals surface area contributed by atoms with Crippen molar-refractivity contribution in [2.75, 3.05) is 0 Å². The van der Waals surface area contributed by atoms with Crippen LogP contribution in [0.3, 0.4) is 0 Å². The zero-order chi connectivity index (χ0) is 15.5. The summed E-state index contributed by atoms with van der Waals surface area (Å²) in [6, 6.07) is 5.12. The van der Waals surface area contributed by atoms with Crippen LogP contribution in [0.1, 0.15) is 30.5 Å². The second-order valence-electron chi connectivity index (χ2n) is 5.56. The Balaban J connectivity index is 1.77. The maximum absolute atomic E-state index is 12.1. The van der Waals surface area contributed by atoms with Crippen LogP contribution in [0.2, 0.25) is 0 Å². The van der Waals surface area contributed by atoms with E-state index < -0.39 is 0 Å². The predicted octanol–water partition coefficient (Wildman–Crippen LogP) is 2.40. The topological polar surface area (TPSA) is 60.7 Å². The molecule has 0 saturated heterocycles. The van der Waals surface area contributed by atoms with Crippen molar-refractivity contribution in [3.8, 4) is 0 Å². The summed E-state index contributed by atoms with van der Waals surface area (Å²) >= 11 is 0. The average molecular weight is 298 g/mol. The lowest BCUT2D eigenvalue weighted by atomic mass is 9.95. The van der Waals surface area contributed by atoms with Crippen LogP contribution in [0.4, 0.5) is 0 Å². The molecule has 22 heavy (non-hydrogen) atoms. The minimum absolute atomic E-state index is 0.0408. The van der Waals surface area contributed by atoms with Gasteiger partial charge in [0.05, 0.1) is 11.6 Å². The van der Waals surface area contributed by atoms with Crippen LogP contribution in [-0.4, -0.2) is 15.4 Å². The minimum atomic E-state index is -0.212. The number of hydrogen-bond acceptors (Lipinski definition) is 4. The van der Waals surface area contributed by atoms with E-state index in [1.807, 2.05) is 25.1 Å². The van der Waals surface area contributed by atoms with Gasteiger partial charge in [0.15, 0.2) is 0 Å². The van der Waals surface area contributed by atoms with Gasteiger partial charge >= 0.3 is 5.97 Å². The van der Waals surface area contributed by atoms with E-state index in [4.69, 9.17) is 4.74 Å². The van der Waals surface area contributed by atoms with Gasteiger partial charge in [-0.2, -0.15) is 0 Å². The van der Waals surface area contributed by atoms with Gasteiger partial charge in [-0.05, 0) is 37.8 Å². The molecule has 0 N–H and O–H groups in total. The van der Waals surface area contributed by atoms with Gasteiger partial charge in [-0.15, -0.1) is 0 Å². The summed E-state index contributed by atoms with van der Waals surface area (Å²) in [6.45, 7) is 1.94. The van der Waals surface area contributed by atoms with Crippen molar-refractivity contribution in [2.24, 2.45) is 5.92 Å². The number of carbonyl (C=O) groups excluding carboxylic acids is 1. The Bertz CT molecular complexity index is 792. The molecule has 114 valence electrons. The summed E-state index contributed by atoms with van der Waals surface area (Å²) in [4.78, 5) is 28.5. The first kappa shape index (κ1) is 14.5. The number of nitrogens with zero attached hydrogens (tertiary/aromatic N) is 2. The SMILES string of the molecule is Cc1cccn2c(=O)cc(COC(=O)C3CC=CCC3)nc12. The lowest BCUT2D eigenvalue weighted by Gasteiger charge is -2.16. The third kappa shape index (κ3) is 2.93. The largest absolute Gasteiger partial charge is 0.459 e. The molecule has 0 radical (unpaired) electrons. The summed E-state index contributed by atoms with van der Waals surface area (Å²) in [5, 5.41) is 0. The van der Waals surface area contributed by atoms with Gasteiger partial charge in [0.1, 0.15) is 12.3 Å². The van der Waals surface area contributed by atoms with Crippen LogP contribution in [0.15, 0.2) is 41.3 Å². The highest BCUT2D eigenvalue weighted by molar-refractivity contribution is 5.72. The van der Waals surface area contributed by atoms with E-state index in [0.717, 1.165) is 24.8 Å². The van der Waals surface area contributed by atoms with Gasteiger partial charge in [-0.25, -0.2) is 4.98 Å². The normalized spacial score (nSPS) is 17.6. The molecule has 0 fully saturated rings. The summed E-state index contributed by atoms with van der Waals surface area (Å²) in [5.74, 6) is -0.288. The second kappa shape index (κ2) is 6.13. The number of esters is 1. The van der Waals surface area contributed by atoms with Crippen LogP contribution < -0.4 is 5.56 Å². The summed E-state index contributed by atoms with van der Waals surface area (Å²) < 4.78 is 6.82. The standard InChI is InChI=1S/C17H18N2O3/c1-12-6-5-9-19-15(20)10-14(18-16(12)19)11-22-17(21)13-7-3-2-4-8-13/h2-3,5-6,9-10,13H,4,7-8,11H2,1H3. The predicted molar refractivity (Wildman–Crippen MR) is 82.5 cm³/mol. The molecule has 0 bridgehead atoms. The molecule has 2 aromatic rings. The molecular weight excluding hydrogens is 280 g/mol. The van der Waals surface area contributed by atoms with Crippen molar-refractivity contribution in [3.63, 3.8) is 0 Å². The van der Waals surface area contributed by atoms with Crippen molar-refractivity contribution in [1.29, 1.82) is 0 Å².